The van der Waals surface area contributed by atoms with Crippen molar-refractivity contribution in [3.63, 3.8) is 0 Å². The maximum Gasteiger partial charge on any atom is 0.143 e. The summed E-state index contributed by atoms with van der Waals surface area (Å²) in [7, 11) is 0. The molecule has 0 radical (unpaired) electrons. The zero-order valence-corrected chi connectivity index (χ0v) is 32.7. The van der Waals surface area contributed by atoms with Crippen LogP contribution in [0.1, 0.15) is 0 Å². The molecule has 0 fully saturated rings. The third-order valence-electron chi connectivity index (χ3n) is 12.2. The maximum atomic E-state index is 6.46. The van der Waals surface area contributed by atoms with Crippen molar-refractivity contribution in [1.29, 1.82) is 0 Å². The number of fused-ring (bicyclic) bond motifs is 8. The molecule has 0 aliphatic rings. The van der Waals surface area contributed by atoms with Gasteiger partial charge in [0.2, 0.25) is 0 Å². The summed E-state index contributed by atoms with van der Waals surface area (Å²) >= 11 is 0. The van der Waals surface area contributed by atoms with E-state index in [1.165, 1.54) is 65.3 Å². The Morgan fingerprint density at radius 3 is 1.62 bits per heavy atom. The summed E-state index contributed by atoms with van der Waals surface area (Å²) in [6, 6.07) is 81.4. The van der Waals surface area contributed by atoms with Gasteiger partial charge in [-0.15, -0.1) is 0 Å². The molecule has 1 aromatic heterocycles. The van der Waals surface area contributed by atoms with Crippen LogP contribution in [0.2, 0.25) is 0 Å². The fraction of sp³-hybridized carbons (Fsp3) is 0. The SMILES string of the molecule is c1ccc2cc(-c3c(-c4ccc(N(c5ccc(-c6cccc7c6oc6ccccc67)cc5)c5cc6ccccc6c6ccccc56)cc4)ccc4ccccc34)ccc2c1. The Balaban J connectivity index is 1.02. The number of anilines is 3. The number of hydrogen-bond acceptors (Lipinski definition) is 2. The molecule has 1 heterocycles. The Hall–Kier alpha value is -7.94. The van der Waals surface area contributed by atoms with Crippen molar-refractivity contribution in [2.75, 3.05) is 4.90 Å². The minimum Gasteiger partial charge on any atom is -0.455 e. The summed E-state index contributed by atoms with van der Waals surface area (Å²) in [5.41, 5.74) is 12.1. The van der Waals surface area contributed by atoms with E-state index >= 15 is 0 Å². The Bertz CT molecular complexity index is 3600. The minimum atomic E-state index is 0.905. The molecule has 0 aliphatic carbocycles. The Labute approximate surface area is 347 Å². The lowest BCUT2D eigenvalue weighted by Crippen LogP contribution is -2.10. The van der Waals surface area contributed by atoms with Crippen molar-refractivity contribution in [2.45, 2.75) is 0 Å². The summed E-state index contributed by atoms with van der Waals surface area (Å²) in [6.07, 6.45) is 0. The Kier molecular flexibility index (Phi) is 7.89. The lowest BCUT2D eigenvalue weighted by molar-refractivity contribution is 0.670. The quantitative estimate of drug-likeness (QED) is 0.157. The smallest absolute Gasteiger partial charge is 0.143 e. The van der Waals surface area contributed by atoms with Crippen LogP contribution in [0.3, 0.4) is 0 Å². The van der Waals surface area contributed by atoms with Gasteiger partial charge in [0.15, 0.2) is 0 Å². The number of benzene rings is 11. The third kappa shape index (κ3) is 5.57. The predicted octanol–water partition coefficient (Wildman–Crippen LogP) is 16.7. The first kappa shape index (κ1) is 34.1. The van der Waals surface area contributed by atoms with Gasteiger partial charge in [0, 0.05) is 33.1 Å². The average Bonchev–Trinajstić information content (AvgIpc) is 3.71. The molecule has 0 aliphatic heterocycles. The van der Waals surface area contributed by atoms with Crippen LogP contribution < -0.4 is 4.90 Å². The number of nitrogens with zero attached hydrogens (tertiary/aromatic N) is 1. The van der Waals surface area contributed by atoms with Crippen molar-refractivity contribution in [3.8, 4) is 33.4 Å². The summed E-state index contributed by atoms with van der Waals surface area (Å²) in [5, 5.41) is 12.1. The van der Waals surface area contributed by atoms with E-state index in [0.29, 0.717) is 0 Å². The standard InChI is InChI=1S/C58H37NO/c1-2-14-42-36-44(25-24-38(42)12-1)57-48-17-6-3-13-39(48)30-35-49(57)40-26-31-45(32-27-40)59(55-37-43-15-4-5-16-47(43)51-18-7-8-19-52(51)55)46-33-28-41(29-34-46)50-21-11-22-54-53-20-9-10-23-56(53)60-58(50)54/h1-37H. The maximum absolute atomic E-state index is 6.46. The molecule has 280 valence electrons. The highest BCUT2D eigenvalue weighted by Crippen LogP contribution is 2.45. The number of furan rings is 1. The highest BCUT2D eigenvalue weighted by Gasteiger charge is 2.20. The summed E-state index contributed by atoms with van der Waals surface area (Å²) in [5.74, 6) is 0. The molecule has 2 nitrogen and oxygen atoms in total. The van der Waals surface area contributed by atoms with Crippen molar-refractivity contribution >= 4 is 82.1 Å². The first-order chi connectivity index (χ1) is 29.7. The Morgan fingerprint density at radius 1 is 0.300 bits per heavy atom. The van der Waals surface area contributed by atoms with E-state index in [1.807, 2.05) is 12.1 Å². The monoisotopic (exact) mass is 763 g/mol. The van der Waals surface area contributed by atoms with E-state index in [2.05, 4.69) is 217 Å². The summed E-state index contributed by atoms with van der Waals surface area (Å²) in [6.45, 7) is 0. The molecule has 0 saturated heterocycles. The number of para-hydroxylation sites is 2. The van der Waals surface area contributed by atoms with E-state index in [0.717, 1.165) is 50.1 Å². The highest BCUT2D eigenvalue weighted by atomic mass is 16.3. The van der Waals surface area contributed by atoms with Gasteiger partial charge in [0.1, 0.15) is 11.2 Å². The zero-order chi connectivity index (χ0) is 39.6. The van der Waals surface area contributed by atoms with Crippen LogP contribution in [0.5, 0.6) is 0 Å². The molecule has 0 amide bonds. The Morgan fingerprint density at radius 2 is 0.850 bits per heavy atom. The number of hydrogen-bond donors (Lipinski definition) is 0. The molecule has 2 heteroatoms. The molecule has 0 atom stereocenters. The lowest BCUT2D eigenvalue weighted by atomic mass is 9.89. The lowest BCUT2D eigenvalue weighted by Gasteiger charge is -2.28. The normalized spacial score (nSPS) is 11.7. The predicted molar refractivity (Wildman–Crippen MR) is 255 cm³/mol. The fourth-order valence-corrected chi connectivity index (χ4v) is 9.37. The van der Waals surface area contributed by atoms with Crippen molar-refractivity contribution < 1.29 is 4.42 Å². The largest absolute Gasteiger partial charge is 0.455 e. The van der Waals surface area contributed by atoms with Crippen LogP contribution >= 0.6 is 0 Å². The van der Waals surface area contributed by atoms with Gasteiger partial charge in [-0.1, -0.05) is 182 Å². The van der Waals surface area contributed by atoms with E-state index in [4.69, 9.17) is 4.42 Å². The van der Waals surface area contributed by atoms with E-state index < -0.39 is 0 Å². The van der Waals surface area contributed by atoms with Gasteiger partial charge < -0.3 is 9.32 Å². The molecule has 0 saturated carbocycles. The highest BCUT2D eigenvalue weighted by molar-refractivity contribution is 6.15. The number of rotatable bonds is 6. The molecule has 0 unspecified atom stereocenters. The van der Waals surface area contributed by atoms with Gasteiger partial charge in [-0.05, 0) is 108 Å². The first-order valence-corrected chi connectivity index (χ1v) is 20.6. The second-order valence-electron chi connectivity index (χ2n) is 15.6. The first-order valence-electron chi connectivity index (χ1n) is 20.6. The van der Waals surface area contributed by atoms with Crippen molar-refractivity contribution in [1.82, 2.24) is 0 Å². The van der Waals surface area contributed by atoms with Gasteiger partial charge in [-0.2, -0.15) is 0 Å². The molecular weight excluding hydrogens is 727 g/mol. The van der Waals surface area contributed by atoms with Gasteiger partial charge in [0.25, 0.3) is 0 Å². The van der Waals surface area contributed by atoms with Gasteiger partial charge in [0.05, 0.1) is 5.69 Å². The van der Waals surface area contributed by atoms with Crippen LogP contribution in [0, 0.1) is 0 Å². The second-order valence-corrected chi connectivity index (χ2v) is 15.6. The molecule has 0 bridgehead atoms. The van der Waals surface area contributed by atoms with E-state index in [-0.39, 0.29) is 0 Å². The summed E-state index contributed by atoms with van der Waals surface area (Å²) < 4.78 is 6.46. The van der Waals surface area contributed by atoms with Gasteiger partial charge in [-0.25, -0.2) is 0 Å². The van der Waals surface area contributed by atoms with Crippen LogP contribution in [0.15, 0.2) is 229 Å². The molecule has 11 aromatic carbocycles. The average molecular weight is 764 g/mol. The molecule has 12 rings (SSSR count). The van der Waals surface area contributed by atoms with Crippen LogP contribution in [0.4, 0.5) is 17.1 Å². The second kappa shape index (κ2) is 13.9. The van der Waals surface area contributed by atoms with Crippen LogP contribution in [-0.2, 0) is 0 Å². The van der Waals surface area contributed by atoms with Gasteiger partial charge >= 0.3 is 0 Å². The minimum absolute atomic E-state index is 0.905. The molecular formula is C58H37NO. The van der Waals surface area contributed by atoms with Crippen LogP contribution in [-0.4, -0.2) is 0 Å². The molecule has 0 spiro atoms. The molecule has 60 heavy (non-hydrogen) atoms. The van der Waals surface area contributed by atoms with E-state index in [9.17, 15) is 0 Å². The van der Waals surface area contributed by atoms with Crippen LogP contribution in [0.25, 0.3) is 98.4 Å². The van der Waals surface area contributed by atoms with E-state index in [1.54, 1.807) is 0 Å². The third-order valence-corrected chi connectivity index (χ3v) is 12.2. The molecule has 12 aromatic rings. The summed E-state index contributed by atoms with van der Waals surface area (Å²) in [4.78, 5) is 2.41. The van der Waals surface area contributed by atoms with Crippen molar-refractivity contribution in [3.05, 3.63) is 224 Å². The van der Waals surface area contributed by atoms with Gasteiger partial charge in [-0.3, -0.25) is 0 Å². The topological polar surface area (TPSA) is 16.4 Å². The van der Waals surface area contributed by atoms with Crippen molar-refractivity contribution in [2.24, 2.45) is 0 Å². The zero-order valence-electron chi connectivity index (χ0n) is 32.7. The fourth-order valence-electron chi connectivity index (χ4n) is 9.37. The molecule has 0 N–H and O–H groups in total.